The van der Waals surface area contributed by atoms with Gasteiger partial charge in [-0.1, -0.05) is 13.8 Å². The van der Waals surface area contributed by atoms with Crippen molar-refractivity contribution < 1.29 is 4.79 Å². The van der Waals surface area contributed by atoms with E-state index in [-0.39, 0.29) is 5.92 Å². The summed E-state index contributed by atoms with van der Waals surface area (Å²) < 4.78 is 0.966. The maximum Gasteiger partial charge on any atom is 0.177 e. The van der Waals surface area contributed by atoms with Crippen molar-refractivity contribution in [1.82, 2.24) is 0 Å². The van der Waals surface area contributed by atoms with Crippen molar-refractivity contribution in [3.8, 4) is 0 Å². The Bertz CT molecular complexity index is 375. The third kappa shape index (κ3) is 2.57. The highest BCUT2D eigenvalue weighted by atomic mass is 79.9. The Morgan fingerprint density at radius 2 is 1.94 bits per heavy atom. The standard InChI is InChI=1S/C13H17BrOS/c1-8-5-9(2)7-10(6-8)12(15)13-11(14)3-4-16-13/h3-4,8-10H,5-7H2,1-2H3. The van der Waals surface area contributed by atoms with Crippen LogP contribution < -0.4 is 0 Å². The number of halogens is 1. The zero-order valence-electron chi connectivity index (χ0n) is 9.70. The molecule has 0 spiro atoms. The third-order valence-electron chi connectivity index (χ3n) is 3.39. The average Bonchev–Trinajstić information content (AvgIpc) is 2.62. The molecule has 1 aromatic rings. The number of hydrogen-bond donors (Lipinski definition) is 0. The molecule has 2 unspecified atom stereocenters. The summed E-state index contributed by atoms with van der Waals surface area (Å²) in [5, 5.41) is 1.98. The molecule has 0 aromatic carbocycles. The fraction of sp³-hybridized carbons (Fsp3) is 0.615. The first kappa shape index (κ1) is 12.3. The van der Waals surface area contributed by atoms with Gasteiger partial charge in [0.2, 0.25) is 0 Å². The van der Waals surface area contributed by atoms with Gasteiger partial charge in [-0.3, -0.25) is 4.79 Å². The van der Waals surface area contributed by atoms with E-state index in [1.54, 1.807) is 11.3 Å². The first-order valence-electron chi connectivity index (χ1n) is 5.85. The molecule has 0 amide bonds. The lowest BCUT2D eigenvalue weighted by Gasteiger charge is -2.30. The largest absolute Gasteiger partial charge is 0.293 e. The van der Waals surface area contributed by atoms with Crippen LogP contribution in [0.1, 0.15) is 42.8 Å². The van der Waals surface area contributed by atoms with Gasteiger partial charge in [0.05, 0.1) is 4.88 Å². The second-order valence-electron chi connectivity index (χ2n) is 5.08. The molecular formula is C13H17BrOS. The van der Waals surface area contributed by atoms with E-state index in [1.165, 1.54) is 6.42 Å². The van der Waals surface area contributed by atoms with Crippen LogP contribution in [0.25, 0.3) is 0 Å². The molecule has 0 saturated heterocycles. The zero-order chi connectivity index (χ0) is 11.7. The smallest absolute Gasteiger partial charge is 0.177 e. The second-order valence-corrected chi connectivity index (χ2v) is 6.85. The van der Waals surface area contributed by atoms with Crippen molar-refractivity contribution in [2.24, 2.45) is 17.8 Å². The normalized spacial score (nSPS) is 30.3. The van der Waals surface area contributed by atoms with Crippen LogP contribution in [0.15, 0.2) is 15.9 Å². The van der Waals surface area contributed by atoms with Gasteiger partial charge in [0.1, 0.15) is 0 Å². The molecule has 1 fully saturated rings. The number of rotatable bonds is 2. The quantitative estimate of drug-likeness (QED) is 0.719. The minimum Gasteiger partial charge on any atom is -0.293 e. The Kier molecular flexibility index (Phi) is 3.85. The van der Waals surface area contributed by atoms with E-state index in [1.807, 2.05) is 11.4 Å². The van der Waals surface area contributed by atoms with Crippen LogP contribution in [-0.4, -0.2) is 5.78 Å². The van der Waals surface area contributed by atoms with Crippen molar-refractivity contribution in [3.63, 3.8) is 0 Å². The first-order valence-corrected chi connectivity index (χ1v) is 7.52. The number of carbonyl (C=O) groups excluding carboxylic acids is 1. The number of Topliss-reactive ketones (excluding diaryl/α,β-unsaturated/α-hetero) is 1. The Morgan fingerprint density at radius 3 is 2.44 bits per heavy atom. The lowest BCUT2D eigenvalue weighted by atomic mass is 9.75. The van der Waals surface area contributed by atoms with E-state index in [0.29, 0.717) is 17.6 Å². The monoisotopic (exact) mass is 300 g/mol. The van der Waals surface area contributed by atoms with Gasteiger partial charge in [-0.05, 0) is 58.5 Å². The highest BCUT2D eigenvalue weighted by molar-refractivity contribution is 9.10. The first-order chi connectivity index (χ1) is 7.58. The van der Waals surface area contributed by atoms with Gasteiger partial charge in [0, 0.05) is 10.4 Å². The van der Waals surface area contributed by atoms with Crippen LogP contribution in [-0.2, 0) is 0 Å². The van der Waals surface area contributed by atoms with Gasteiger partial charge >= 0.3 is 0 Å². The fourth-order valence-corrected chi connectivity index (χ4v) is 4.40. The Hall–Kier alpha value is -0.150. The van der Waals surface area contributed by atoms with Gasteiger partial charge in [-0.2, -0.15) is 0 Å². The van der Waals surface area contributed by atoms with Crippen LogP contribution in [0.4, 0.5) is 0 Å². The van der Waals surface area contributed by atoms with Gasteiger partial charge < -0.3 is 0 Å². The van der Waals surface area contributed by atoms with E-state index in [0.717, 1.165) is 22.2 Å². The molecule has 0 N–H and O–H groups in total. The summed E-state index contributed by atoms with van der Waals surface area (Å²) in [4.78, 5) is 13.3. The SMILES string of the molecule is CC1CC(C)CC(C(=O)c2sccc2Br)C1. The fourth-order valence-electron chi connectivity index (χ4n) is 2.82. The molecule has 88 valence electrons. The predicted molar refractivity (Wildman–Crippen MR) is 72.0 cm³/mol. The molecule has 2 atom stereocenters. The number of ketones is 1. The lowest BCUT2D eigenvalue weighted by molar-refractivity contribution is 0.0840. The Balaban J connectivity index is 2.13. The summed E-state index contributed by atoms with van der Waals surface area (Å²) in [6, 6.07) is 1.97. The second kappa shape index (κ2) is 5.01. The Morgan fingerprint density at radius 1 is 1.31 bits per heavy atom. The summed E-state index contributed by atoms with van der Waals surface area (Å²) in [5.41, 5.74) is 0. The zero-order valence-corrected chi connectivity index (χ0v) is 12.1. The van der Waals surface area contributed by atoms with E-state index in [2.05, 4.69) is 29.8 Å². The molecule has 1 aliphatic carbocycles. The van der Waals surface area contributed by atoms with Crippen molar-refractivity contribution in [1.29, 1.82) is 0 Å². The minimum absolute atomic E-state index is 0.244. The molecule has 0 aliphatic heterocycles. The summed E-state index contributed by atoms with van der Waals surface area (Å²) in [5.74, 6) is 1.97. The van der Waals surface area contributed by atoms with Gasteiger partial charge in [0.15, 0.2) is 5.78 Å². The minimum atomic E-state index is 0.244. The van der Waals surface area contributed by atoms with Crippen LogP contribution >= 0.6 is 27.3 Å². The van der Waals surface area contributed by atoms with E-state index in [9.17, 15) is 4.79 Å². The molecule has 2 rings (SSSR count). The summed E-state index contributed by atoms with van der Waals surface area (Å²) in [6.45, 7) is 4.53. The van der Waals surface area contributed by atoms with Crippen LogP contribution in [0.2, 0.25) is 0 Å². The van der Waals surface area contributed by atoms with Crippen LogP contribution in [0.3, 0.4) is 0 Å². The van der Waals surface area contributed by atoms with Crippen LogP contribution in [0, 0.1) is 17.8 Å². The van der Waals surface area contributed by atoms with Gasteiger partial charge in [-0.25, -0.2) is 0 Å². The van der Waals surface area contributed by atoms with Crippen molar-refractivity contribution in [2.45, 2.75) is 33.1 Å². The molecule has 0 bridgehead atoms. The highest BCUT2D eigenvalue weighted by Gasteiger charge is 2.30. The van der Waals surface area contributed by atoms with Crippen molar-refractivity contribution >= 4 is 33.0 Å². The maximum atomic E-state index is 12.4. The van der Waals surface area contributed by atoms with E-state index in [4.69, 9.17) is 0 Å². The highest BCUT2D eigenvalue weighted by Crippen LogP contribution is 2.36. The van der Waals surface area contributed by atoms with Crippen molar-refractivity contribution in [3.05, 3.63) is 20.8 Å². The lowest BCUT2D eigenvalue weighted by Crippen LogP contribution is -2.25. The number of thiophene rings is 1. The van der Waals surface area contributed by atoms with Gasteiger partial charge in [-0.15, -0.1) is 11.3 Å². The maximum absolute atomic E-state index is 12.4. The summed E-state index contributed by atoms with van der Waals surface area (Å²) >= 11 is 5.01. The van der Waals surface area contributed by atoms with Crippen LogP contribution in [0.5, 0.6) is 0 Å². The molecule has 1 heterocycles. The summed E-state index contributed by atoms with van der Waals surface area (Å²) in [6.07, 6.45) is 3.40. The molecule has 1 saturated carbocycles. The van der Waals surface area contributed by atoms with E-state index < -0.39 is 0 Å². The molecule has 1 aliphatic rings. The average molecular weight is 301 g/mol. The molecule has 0 radical (unpaired) electrons. The third-order valence-corrected chi connectivity index (χ3v) is 5.24. The molecule has 1 aromatic heterocycles. The molecule has 3 heteroatoms. The molecular weight excluding hydrogens is 284 g/mol. The topological polar surface area (TPSA) is 17.1 Å². The Labute approximate surface area is 109 Å². The molecule has 16 heavy (non-hydrogen) atoms. The number of hydrogen-bond acceptors (Lipinski definition) is 2. The molecule has 1 nitrogen and oxygen atoms in total. The predicted octanol–water partition coefficient (Wildman–Crippen LogP) is 4.77. The van der Waals surface area contributed by atoms with Gasteiger partial charge in [0.25, 0.3) is 0 Å². The summed E-state index contributed by atoms with van der Waals surface area (Å²) in [7, 11) is 0. The number of carbonyl (C=O) groups is 1. The van der Waals surface area contributed by atoms with E-state index >= 15 is 0 Å². The van der Waals surface area contributed by atoms with Crippen molar-refractivity contribution in [2.75, 3.05) is 0 Å².